The molecule has 2 heterocycles. The quantitative estimate of drug-likeness (QED) is 0.647. The van der Waals surface area contributed by atoms with E-state index in [4.69, 9.17) is 0 Å². The van der Waals surface area contributed by atoms with Gasteiger partial charge in [0.25, 0.3) is 5.69 Å². The lowest BCUT2D eigenvalue weighted by atomic mass is 10.3. The molecule has 1 aromatic heterocycles. The Morgan fingerprint density at radius 2 is 1.85 bits per heavy atom. The van der Waals surface area contributed by atoms with Crippen LogP contribution in [0.15, 0.2) is 42.6 Å². The second-order valence-electron chi connectivity index (χ2n) is 5.95. The molecule has 0 bridgehead atoms. The van der Waals surface area contributed by atoms with Gasteiger partial charge >= 0.3 is 0 Å². The Kier molecular flexibility index (Phi) is 5.37. The highest BCUT2D eigenvalue weighted by Crippen LogP contribution is 2.17. The first-order valence-corrected chi connectivity index (χ1v) is 8.14. The predicted octanol–water partition coefficient (Wildman–Crippen LogP) is 1.89. The van der Waals surface area contributed by atoms with Gasteiger partial charge in [-0.1, -0.05) is 0 Å². The van der Waals surface area contributed by atoms with Crippen LogP contribution in [0, 0.1) is 15.9 Å². The van der Waals surface area contributed by atoms with Crippen LogP contribution in [0.3, 0.4) is 0 Å². The minimum atomic E-state index is -0.478. The van der Waals surface area contributed by atoms with Crippen molar-refractivity contribution in [3.8, 4) is 0 Å². The molecular formula is C17H18FN5O3. The average Bonchev–Trinajstić information content (AvgIpc) is 2.64. The number of amides is 1. The summed E-state index contributed by atoms with van der Waals surface area (Å²) in [4.78, 5) is 30.4. The number of halogens is 1. The molecule has 26 heavy (non-hydrogen) atoms. The molecule has 1 aliphatic heterocycles. The van der Waals surface area contributed by atoms with Crippen LogP contribution >= 0.6 is 0 Å². The third kappa shape index (κ3) is 4.51. The number of pyridine rings is 1. The van der Waals surface area contributed by atoms with Gasteiger partial charge in [0.15, 0.2) is 0 Å². The molecule has 3 rings (SSSR count). The Morgan fingerprint density at radius 1 is 1.15 bits per heavy atom. The molecule has 0 unspecified atom stereocenters. The van der Waals surface area contributed by atoms with Crippen molar-refractivity contribution >= 4 is 23.1 Å². The van der Waals surface area contributed by atoms with Gasteiger partial charge in [-0.2, -0.15) is 0 Å². The second kappa shape index (κ2) is 7.87. The molecule has 8 nitrogen and oxygen atoms in total. The Labute approximate surface area is 149 Å². The lowest BCUT2D eigenvalue weighted by Gasteiger charge is -2.34. The summed E-state index contributed by atoms with van der Waals surface area (Å²) in [6.07, 6.45) is 1.25. The van der Waals surface area contributed by atoms with E-state index < -0.39 is 4.92 Å². The van der Waals surface area contributed by atoms with Crippen LogP contribution in [0.2, 0.25) is 0 Å². The first-order chi connectivity index (χ1) is 12.5. The molecule has 1 amide bonds. The van der Waals surface area contributed by atoms with E-state index in [0.717, 1.165) is 0 Å². The lowest BCUT2D eigenvalue weighted by molar-refractivity contribution is -0.385. The van der Waals surface area contributed by atoms with Crippen LogP contribution in [0.5, 0.6) is 0 Å². The summed E-state index contributed by atoms with van der Waals surface area (Å²) in [5, 5.41) is 13.4. The van der Waals surface area contributed by atoms with Crippen molar-refractivity contribution in [2.24, 2.45) is 0 Å². The van der Waals surface area contributed by atoms with Crippen molar-refractivity contribution in [2.45, 2.75) is 0 Å². The maximum atomic E-state index is 12.9. The second-order valence-corrected chi connectivity index (χ2v) is 5.95. The predicted molar refractivity (Wildman–Crippen MR) is 94.6 cm³/mol. The summed E-state index contributed by atoms with van der Waals surface area (Å²) < 4.78 is 12.9. The highest BCUT2D eigenvalue weighted by molar-refractivity contribution is 5.92. The van der Waals surface area contributed by atoms with Gasteiger partial charge in [-0.05, 0) is 30.3 Å². The zero-order valence-electron chi connectivity index (χ0n) is 14.0. The van der Waals surface area contributed by atoms with Crippen molar-refractivity contribution in [3.05, 3.63) is 58.5 Å². The molecule has 0 aliphatic carbocycles. The van der Waals surface area contributed by atoms with Crippen molar-refractivity contribution < 1.29 is 14.1 Å². The van der Waals surface area contributed by atoms with Crippen LogP contribution < -0.4 is 10.2 Å². The molecule has 136 valence electrons. The SMILES string of the molecule is O=C(CN1CCN(c2ccc([N+](=O)[O-])cn2)CC1)Nc1ccc(F)cc1. The van der Waals surface area contributed by atoms with Crippen LogP contribution in [0.4, 0.5) is 21.6 Å². The highest BCUT2D eigenvalue weighted by atomic mass is 19.1. The van der Waals surface area contributed by atoms with E-state index in [1.165, 1.54) is 36.5 Å². The number of carbonyl (C=O) groups excluding carboxylic acids is 1. The third-order valence-corrected chi connectivity index (χ3v) is 4.13. The summed E-state index contributed by atoms with van der Waals surface area (Å²) in [5.41, 5.74) is 0.523. The number of benzene rings is 1. The van der Waals surface area contributed by atoms with Crippen molar-refractivity contribution in [2.75, 3.05) is 42.9 Å². The third-order valence-electron chi connectivity index (χ3n) is 4.13. The fourth-order valence-corrected chi connectivity index (χ4v) is 2.75. The van der Waals surface area contributed by atoms with Gasteiger partial charge in [-0.3, -0.25) is 19.8 Å². The van der Waals surface area contributed by atoms with E-state index in [1.807, 2.05) is 9.80 Å². The number of aromatic nitrogens is 1. The zero-order chi connectivity index (χ0) is 18.5. The van der Waals surface area contributed by atoms with E-state index in [2.05, 4.69) is 10.3 Å². The van der Waals surface area contributed by atoms with Crippen LogP contribution in [-0.4, -0.2) is 53.4 Å². The standard InChI is InChI=1S/C17H18FN5O3/c18-13-1-3-14(4-2-13)20-17(24)12-21-7-9-22(10-8-21)16-6-5-15(11-19-16)23(25)26/h1-6,11H,7-10,12H2,(H,20,24). The van der Waals surface area contributed by atoms with Crippen LogP contribution in [-0.2, 0) is 4.79 Å². The number of hydrogen-bond donors (Lipinski definition) is 1. The van der Waals surface area contributed by atoms with E-state index >= 15 is 0 Å². The zero-order valence-corrected chi connectivity index (χ0v) is 14.0. The molecule has 1 aromatic carbocycles. The highest BCUT2D eigenvalue weighted by Gasteiger charge is 2.20. The van der Waals surface area contributed by atoms with Crippen LogP contribution in [0.25, 0.3) is 0 Å². The minimum absolute atomic E-state index is 0.0372. The molecule has 1 N–H and O–H groups in total. The van der Waals surface area contributed by atoms with Crippen molar-refractivity contribution in [1.82, 2.24) is 9.88 Å². The van der Waals surface area contributed by atoms with E-state index in [1.54, 1.807) is 6.07 Å². The van der Waals surface area contributed by atoms with Gasteiger partial charge in [0.1, 0.15) is 17.8 Å². The first kappa shape index (κ1) is 17.7. The average molecular weight is 359 g/mol. The van der Waals surface area contributed by atoms with Gasteiger partial charge in [0, 0.05) is 37.9 Å². The van der Waals surface area contributed by atoms with E-state index in [0.29, 0.717) is 37.7 Å². The number of nitrogens with one attached hydrogen (secondary N) is 1. The lowest BCUT2D eigenvalue weighted by Crippen LogP contribution is -2.48. The number of piperazine rings is 1. The Morgan fingerprint density at radius 3 is 2.42 bits per heavy atom. The number of rotatable bonds is 5. The number of anilines is 2. The molecule has 1 fully saturated rings. The van der Waals surface area contributed by atoms with Crippen molar-refractivity contribution in [1.29, 1.82) is 0 Å². The molecule has 1 saturated heterocycles. The van der Waals surface area contributed by atoms with E-state index in [-0.39, 0.29) is 24.0 Å². The summed E-state index contributed by atoms with van der Waals surface area (Å²) in [6, 6.07) is 8.70. The number of nitro groups is 1. The minimum Gasteiger partial charge on any atom is -0.354 e. The summed E-state index contributed by atoms with van der Waals surface area (Å²) in [5.74, 6) is 0.184. The Bertz CT molecular complexity index is 774. The molecule has 0 radical (unpaired) electrons. The fraction of sp³-hybridized carbons (Fsp3) is 0.294. The summed E-state index contributed by atoms with van der Waals surface area (Å²) in [6.45, 7) is 2.95. The molecule has 0 saturated carbocycles. The van der Waals surface area contributed by atoms with E-state index in [9.17, 15) is 19.3 Å². The first-order valence-electron chi connectivity index (χ1n) is 8.14. The largest absolute Gasteiger partial charge is 0.354 e. The maximum absolute atomic E-state index is 12.9. The monoisotopic (exact) mass is 359 g/mol. The fourth-order valence-electron chi connectivity index (χ4n) is 2.75. The van der Waals surface area contributed by atoms with Gasteiger partial charge < -0.3 is 10.2 Å². The smallest absolute Gasteiger partial charge is 0.287 e. The molecule has 2 aromatic rings. The van der Waals surface area contributed by atoms with Gasteiger partial charge in [-0.15, -0.1) is 0 Å². The maximum Gasteiger partial charge on any atom is 0.287 e. The van der Waals surface area contributed by atoms with Gasteiger partial charge in [0.2, 0.25) is 5.91 Å². The Hall–Kier alpha value is -3.07. The number of nitrogens with zero attached hydrogens (tertiary/aromatic N) is 4. The molecule has 0 spiro atoms. The van der Waals surface area contributed by atoms with Crippen LogP contribution in [0.1, 0.15) is 0 Å². The molecular weight excluding hydrogens is 341 g/mol. The molecule has 1 aliphatic rings. The summed E-state index contributed by atoms with van der Waals surface area (Å²) >= 11 is 0. The number of hydrogen-bond acceptors (Lipinski definition) is 6. The molecule has 0 atom stereocenters. The van der Waals surface area contributed by atoms with Crippen molar-refractivity contribution in [3.63, 3.8) is 0 Å². The number of carbonyl (C=O) groups is 1. The Balaban J connectivity index is 1.48. The van der Waals surface area contributed by atoms with Gasteiger partial charge in [-0.25, -0.2) is 9.37 Å². The topological polar surface area (TPSA) is 91.6 Å². The normalized spacial score (nSPS) is 14.9. The summed E-state index contributed by atoms with van der Waals surface area (Å²) in [7, 11) is 0. The van der Waals surface area contributed by atoms with Gasteiger partial charge in [0.05, 0.1) is 11.5 Å². The molecule has 9 heteroatoms.